The smallest absolute Gasteiger partial charge is 0.244 e. The Morgan fingerprint density at radius 2 is 2.11 bits per heavy atom. The lowest BCUT2D eigenvalue weighted by Crippen LogP contribution is -2.20. The minimum Gasteiger partial charge on any atom is -0.348 e. The van der Waals surface area contributed by atoms with E-state index < -0.39 is 0 Å². The predicted molar refractivity (Wildman–Crippen MR) is 79.5 cm³/mol. The van der Waals surface area contributed by atoms with Gasteiger partial charge in [0.2, 0.25) is 5.91 Å². The number of carbonyl (C=O) groups excluding carboxylic acids is 1. The molecule has 0 saturated heterocycles. The standard InChI is InChI=1S/C15H16N2OS/c16-10-12-3-1-4-13(9-12)11-17-15(18)7-6-14-5-2-8-19-14/h1-9H,10-11,16H2,(H,17,18)/b7-6+. The number of benzene rings is 1. The second kappa shape index (κ2) is 6.87. The highest BCUT2D eigenvalue weighted by atomic mass is 32.1. The minimum absolute atomic E-state index is 0.0912. The number of thiophene rings is 1. The van der Waals surface area contributed by atoms with E-state index in [0.717, 1.165) is 16.0 Å². The summed E-state index contributed by atoms with van der Waals surface area (Å²) in [4.78, 5) is 12.7. The van der Waals surface area contributed by atoms with E-state index in [-0.39, 0.29) is 5.91 Å². The molecule has 1 aromatic heterocycles. The molecule has 0 aliphatic carbocycles. The number of rotatable bonds is 5. The molecule has 1 heterocycles. The maximum absolute atomic E-state index is 11.6. The van der Waals surface area contributed by atoms with Gasteiger partial charge in [-0.25, -0.2) is 0 Å². The van der Waals surface area contributed by atoms with Crippen molar-refractivity contribution < 1.29 is 4.79 Å². The molecule has 4 heteroatoms. The van der Waals surface area contributed by atoms with Crippen molar-refractivity contribution in [3.8, 4) is 0 Å². The maximum Gasteiger partial charge on any atom is 0.244 e. The third-order valence-electron chi connectivity index (χ3n) is 2.64. The van der Waals surface area contributed by atoms with Crippen molar-refractivity contribution in [3.05, 3.63) is 63.9 Å². The largest absolute Gasteiger partial charge is 0.348 e. The van der Waals surface area contributed by atoms with Crippen LogP contribution in [0.25, 0.3) is 6.08 Å². The molecule has 2 aromatic rings. The van der Waals surface area contributed by atoms with Crippen molar-refractivity contribution in [2.75, 3.05) is 0 Å². The second-order valence-corrected chi connectivity index (χ2v) is 5.07. The van der Waals surface area contributed by atoms with E-state index in [1.165, 1.54) is 0 Å². The molecule has 1 amide bonds. The van der Waals surface area contributed by atoms with Gasteiger partial charge in [-0.1, -0.05) is 30.3 Å². The quantitative estimate of drug-likeness (QED) is 0.822. The van der Waals surface area contributed by atoms with Crippen molar-refractivity contribution in [3.63, 3.8) is 0 Å². The average molecular weight is 272 g/mol. The summed E-state index contributed by atoms with van der Waals surface area (Å²) in [5.74, 6) is -0.0912. The SMILES string of the molecule is NCc1cccc(CNC(=O)/C=C/c2cccs2)c1. The van der Waals surface area contributed by atoms with Gasteiger partial charge in [0.25, 0.3) is 0 Å². The van der Waals surface area contributed by atoms with E-state index in [1.807, 2.05) is 47.9 Å². The van der Waals surface area contributed by atoms with Gasteiger partial charge in [0.1, 0.15) is 0 Å². The Morgan fingerprint density at radius 3 is 2.84 bits per heavy atom. The van der Waals surface area contributed by atoms with E-state index in [1.54, 1.807) is 17.4 Å². The lowest BCUT2D eigenvalue weighted by molar-refractivity contribution is -0.116. The van der Waals surface area contributed by atoms with Gasteiger partial charge in [-0.05, 0) is 28.6 Å². The van der Waals surface area contributed by atoms with Crippen LogP contribution < -0.4 is 11.1 Å². The summed E-state index contributed by atoms with van der Waals surface area (Å²) in [7, 11) is 0. The Balaban J connectivity index is 1.86. The van der Waals surface area contributed by atoms with Crippen LogP contribution in [0, 0.1) is 0 Å². The fourth-order valence-corrected chi connectivity index (χ4v) is 2.28. The van der Waals surface area contributed by atoms with Crippen LogP contribution in [-0.2, 0) is 17.9 Å². The first-order valence-electron chi connectivity index (χ1n) is 6.05. The van der Waals surface area contributed by atoms with Gasteiger partial charge in [0.05, 0.1) is 0 Å². The maximum atomic E-state index is 11.6. The van der Waals surface area contributed by atoms with Crippen LogP contribution in [0.15, 0.2) is 47.9 Å². The molecule has 3 nitrogen and oxygen atoms in total. The number of carbonyl (C=O) groups is 1. The van der Waals surface area contributed by atoms with E-state index in [0.29, 0.717) is 13.1 Å². The molecule has 0 unspecified atom stereocenters. The summed E-state index contributed by atoms with van der Waals surface area (Å²) >= 11 is 1.60. The fourth-order valence-electron chi connectivity index (χ4n) is 1.66. The topological polar surface area (TPSA) is 55.1 Å². The summed E-state index contributed by atoms with van der Waals surface area (Å²) in [5, 5.41) is 4.83. The molecule has 0 radical (unpaired) electrons. The van der Waals surface area contributed by atoms with Crippen molar-refractivity contribution in [2.24, 2.45) is 5.73 Å². The minimum atomic E-state index is -0.0912. The molecule has 2 rings (SSSR count). The summed E-state index contributed by atoms with van der Waals surface area (Å²) in [5.41, 5.74) is 7.71. The normalized spacial score (nSPS) is 10.8. The predicted octanol–water partition coefficient (Wildman–Crippen LogP) is 2.54. The first-order chi connectivity index (χ1) is 9.28. The van der Waals surface area contributed by atoms with Crippen LogP contribution >= 0.6 is 11.3 Å². The first-order valence-corrected chi connectivity index (χ1v) is 6.93. The third kappa shape index (κ3) is 4.35. The second-order valence-electron chi connectivity index (χ2n) is 4.09. The van der Waals surface area contributed by atoms with Gasteiger partial charge in [0.15, 0.2) is 0 Å². The van der Waals surface area contributed by atoms with Crippen molar-refractivity contribution in [2.45, 2.75) is 13.1 Å². The zero-order valence-electron chi connectivity index (χ0n) is 10.5. The van der Waals surface area contributed by atoms with Gasteiger partial charge < -0.3 is 11.1 Å². The van der Waals surface area contributed by atoms with Crippen LogP contribution in [0.3, 0.4) is 0 Å². The van der Waals surface area contributed by atoms with Gasteiger partial charge >= 0.3 is 0 Å². The Hall–Kier alpha value is -1.91. The molecule has 0 fully saturated rings. The van der Waals surface area contributed by atoms with Crippen molar-refractivity contribution in [1.82, 2.24) is 5.32 Å². The molecule has 0 aliphatic rings. The Morgan fingerprint density at radius 1 is 1.26 bits per heavy atom. The lowest BCUT2D eigenvalue weighted by Gasteiger charge is -2.04. The first kappa shape index (κ1) is 13.5. The van der Waals surface area contributed by atoms with Gasteiger partial charge in [-0.2, -0.15) is 0 Å². The molecule has 0 bridgehead atoms. The molecular formula is C15H16N2OS. The van der Waals surface area contributed by atoms with Crippen LogP contribution in [0.1, 0.15) is 16.0 Å². The lowest BCUT2D eigenvalue weighted by atomic mass is 10.1. The summed E-state index contributed by atoms with van der Waals surface area (Å²) in [6.45, 7) is 1.03. The van der Waals surface area contributed by atoms with Crippen LogP contribution in [0.2, 0.25) is 0 Å². The summed E-state index contributed by atoms with van der Waals surface area (Å²) < 4.78 is 0. The van der Waals surface area contributed by atoms with Crippen LogP contribution in [0.5, 0.6) is 0 Å². The highest BCUT2D eigenvalue weighted by Gasteiger charge is 1.98. The zero-order chi connectivity index (χ0) is 13.5. The fraction of sp³-hybridized carbons (Fsp3) is 0.133. The molecular weight excluding hydrogens is 256 g/mol. The number of hydrogen-bond donors (Lipinski definition) is 2. The van der Waals surface area contributed by atoms with E-state index in [4.69, 9.17) is 5.73 Å². The van der Waals surface area contributed by atoms with Crippen molar-refractivity contribution >= 4 is 23.3 Å². The molecule has 0 saturated carbocycles. The van der Waals surface area contributed by atoms with Gasteiger partial charge in [0, 0.05) is 24.0 Å². The zero-order valence-corrected chi connectivity index (χ0v) is 11.3. The van der Waals surface area contributed by atoms with Crippen LogP contribution in [-0.4, -0.2) is 5.91 Å². The van der Waals surface area contributed by atoms with E-state index in [9.17, 15) is 4.79 Å². The monoisotopic (exact) mass is 272 g/mol. The molecule has 1 aromatic carbocycles. The summed E-state index contributed by atoms with van der Waals surface area (Å²) in [6, 6.07) is 11.8. The average Bonchev–Trinajstić information content (AvgIpc) is 2.96. The van der Waals surface area contributed by atoms with Crippen molar-refractivity contribution in [1.29, 1.82) is 0 Å². The van der Waals surface area contributed by atoms with Gasteiger partial charge in [-0.3, -0.25) is 4.79 Å². The Kier molecular flexibility index (Phi) is 4.89. The number of hydrogen-bond acceptors (Lipinski definition) is 3. The highest BCUT2D eigenvalue weighted by molar-refractivity contribution is 7.10. The van der Waals surface area contributed by atoms with E-state index >= 15 is 0 Å². The Bertz CT molecular complexity index is 561. The number of amides is 1. The molecule has 0 aliphatic heterocycles. The Labute approximate surface area is 116 Å². The number of nitrogens with one attached hydrogen (secondary N) is 1. The van der Waals surface area contributed by atoms with Gasteiger partial charge in [-0.15, -0.1) is 11.3 Å². The number of nitrogens with two attached hydrogens (primary N) is 1. The third-order valence-corrected chi connectivity index (χ3v) is 3.47. The van der Waals surface area contributed by atoms with Crippen LogP contribution in [0.4, 0.5) is 0 Å². The molecule has 3 N–H and O–H groups in total. The molecule has 98 valence electrons. The summed E-state index contributed by atoms with van der Waals surface area (Å²) in [6.07, 6.45) is 3.37. The molecule has 19 heavy (non-hydrogen) atoms. The van der Waals surface area contributed by atoms with E-state index in [2.05, 4.69) is 5.32 Å². The molecule has 0 spiro atoms. The highest BCUT2D eigenvalue weighted by Crippen LogP contribution is 2.10. The molecule has 0 atom stereocenters.